The number of carbonyl (C=O) groups is 1. The Labute approximate surface area is 219 Å². The summed E-state index contributed by atoms with van der Waals surface area (Å²) in [5.41, 5.74) is 7.00. The number of rotatable bonds is 8. The van der Waals surface area contributed by atoms with Gasteiger partial charge in [-0.2, -0.15) is 0 Å². The van der Waals surface area contributed by atoms with E-state index < -0.39 is 0 Å². The van der Waals surface area contributed by atoms with E-state index in [0.717, 1.165) is 22.4 Å². The second kappa shape index (κ2) is 10.5. The highest BCUT2D eigenvalue weighted by atomic mass is 35.5. The number of H-pyrrole nitrogens is 1. The number of nitrogens with zero attached hydrogens (tertiary/aromatic N) is 4. The Balaban J connectivity index is 1.37. The van der Waals surface area contributed by atoms with E-state index in [1.165, 1.54) is 11.1 Å². The molecule has 188 valence electrons. The fraction of sp³-hybridized carbons (Fsp3) is 0.214. The monoisotopic (exact) mass is 514 g/mol. The Morgan fingerprint density at radius 1 is 1.11 bits per heavy atom. The number of aliphatic hydroxyl groups excluding tert-OH is 1. The maximum absolute atomic E-state index is 13.1. The summed E-state index contributed by atoms with van der Waals surface area (Å²) in [5, 5.41) is 20.5. The molecule has 8 nitrogen and oxygen atoms in total. The van der Waals surface area contributed by atoms with E-state index in [-0.39, 0.29) is 18.4 Å². The molecule has 9 heteroatoms. The Hall–Kier alpha value is -4.01. The molecule has 0 aliphatic rings. The lowest BCUT2D eigenvalue weighted by atomic mass is 9.98. The summed E-state index contributed by atoms with van der Waals surface area (Å²) in [6, 6.07) is 19.3. The highest BCUT2D eigenvalue weighted by Crippen LogP contribution is 2.26. The number of halogens is 1. The van der Waals surface area contributed by atoms with Crippen LogP contribution in [0.2, 0.25) is 5.02 Å². The number of aromatic amines is 1. The van der Waals surface area contributed by atoms with Crippen LogP contribution in [0.1, 0.15) is 44.5 Å². The number of aromatic nitrogens is 5. The number of benzene rings is 3. The number of aryl methyl sites for hydroxylation is 2. The molecule has 37 heavy (non-hydrogen) atoms. The van der Waals surface area contributed by atoms with Crippen molar-refractivity contribution >= 4 is 28.5 Å². The molecule has 5 aromatic rings. The van der Waals surface area contributed by atoms with Crippen LogP contribution in [-0.4, -0.2) is 49.1 Å². The SMILES string of the molecule is Cc1cc2nc(C(CNC(=O)c3ccc(-n4cc(CCO)nn4)cc3Cl)c3ccccc3)[nH]c2cc1C. The highest BCUT2D eigenvalue weighted by molar-refractivity contribution is 6.34. The number of aliphatic hydroxyl groups is 1. The summed E-state index contributed by atoms with van der Waals surface area (Å²) >= 11 is 6.49. The van der Waals surface area contributed by atoms with Crippen LogP contribution in [0.5, 0.6) is 0 Å². The van der Waals surface area contributed by atoms with Gasteiger partial charge in [-0.25, -0.2) is 9.67 Å². The van der Waals surface area contributed by atoms with Crippen molar-refractivity contribution in [3.63, 3.8) is 0 Å². The van der Waals surface area contributed by atoms with Crippen molar-refractivity contribution in [2.24, 2.45) is 0 Å². The molecule has 0 aliphatic heterocycles. The number of fused-ring (bicyclic) bond motifs is 1. The normalized spacial score (nSPS) is 12.1. The lowest BCUT2D eigenvalue weighted by Gasteiger charge is -2.17. The van der Waals surface area contributed by atoms with Crippen molar-refractivity contribution in [2.75, 3.05) is 13.2 Å². The highest BCUT2D eigenvalue weighted by Gasteiger charge is 2.21. The first-order valence-corrected chi connectivity index (χ1v) is 12.4. The molecule has 1 amide bonds. The first-order valence-electron chi connectivity index (χ1n) is 12.0. The van der Waals surface area contributed by atoms with Crippen LogP contribution < -0.4 is 5.32 Å². The number of imidazole rings is 1. The van der Waals surface area contributed by atoms with Gasteiger partial charge in [0, 0.05) is 19.6 Å². The number of hydrogen-bond acceptors (Lipinski definition) is 5. The lowest BCUT2D eigenvalue weighted by Crippen LogP contribution is -2.29. The van der Waals surface area contributed by atoms with Gasteiger partial charge in [0.15, 0.2) is 0 Å². The van der Waals surface area contributed by atoms with Crippen LogP contribution >= 0.6 is 11.6 Å². The molecule has 2 heterocycles. The van der Waals surface area contributed by atoms with E-state index in [4.69, 9.17) is 21.7 Å². The van der Waals surface area contributed by atoms with Crippen LogP contribution in [0, 0.1) is 13.8 Å². The van der Waals surface area contributed by atoms with Gasteiger partial charge in [-0.3, -0.25) is 4.79 Å². The van der Waals surface area contributed by atoms with Gasteiger partial charge in [0.2, 0.25) is 0 Å². The number of nitrogens with one attached hydrogen (secondary N) is 2. The molecule has 3 N–H and O–H groups in total. The van der Waals surface area contributed by atoms with Crippen LogP contribution in [0.25, 0.3) is 16.7 Å². The van der Waals surface area contributed by atoms with Crippen LogP contribution in [0.15, 0.2) is 66.9 Å². The average Bonchev–Trinajstić information content (AvgIpc) is 3.52. The third-order valence-corrected chi connectivity index (χ3v) is 6.80. The number of hydrogen-bond donors (Lipinski definition) is 3. The lowest BCUT2D eigenvalue weighted by molar-refractivity contribution is 0.0952. The van der Waals surface area contributed by atoms with Crippen molar-refractivity contribution in [3.05, 3.63) is 106 Å². The van der Waals surface area contributed by atoms with Gasteiger partial charge in [-0.15, -0.1) is 5.10 Å². The molecule has 0 bridgehead atoms. The summed E-state index contributed by atoms with van der Waals surface area (Å²) in [6.45, 7) is 4.49. The Morgan fingerprint density at radius 3 is 2.65 bits per heavy atom. The maximum atomic E-state index is 13.1. The zero-order chi connectivity index (χ0) is 25.9. The quantitative estimate of drug-likeness (QED) is 0.282. The van der Waals surface area contributed by atoms with Gasteiger partial charge in [-0.05, 0) is 60.9 Å². The number of amides is 1. The first kappa shape index (κ1) is 24.7. The third-order valence-electron chi connectivity index (χ3n) is 6.49. The molecule has 2 aromatic heterocycles. The number of carbonyl (C=O) groups excluding carboxylic acids is 1. The van der Waals surface area contributed by atoms with Gasteiger partial charge in [-0.1, -0.05) is 47.1 Å². The molecule has 3 aromatic carbocycles. The molecule has 0 saturated carbocycles. The molecule has 0 radical (unpaired) electrons. The van der Waals surface area contributed by atoms with E-state index in [0.29, 0.717) is 34.9 Å². The zero-order valence-corrected chi connectivity index (χ0v) is 21.3. The fourth-order valence-electron chi connectivity index (χ4n) is 4.29. The minimum absolute atomic E-state index is 0.00412. The van der Waals surface area contributed by atoms with Crippen molar-refractivity contribution < 1.29 is 9.90 Å². The minimum atomic E-state index is -0.278. The third kappa shape index (κ3) is 5.26. The summed E-state index contributed by atoms with van der Waals surface area (Å²) in [4.78, 5) is 21.5. The van der Waals surface area contributed by atoms with Gasteiger partial charge < -0.3 is 15.4 Å². The predicted octanol–water partition coefficient (Wildman–Crippen LogP) is 4.51. The molecule has 0 fully saturated rings. The smallest absolute Gasteiger partial charge is 0.252 e. The summed E-state index contributed by atoms with van der Waals surface area (Å²) < 4.78 is 1.56. The molecule has 1 unspecified atom stereocenters. The first-order chi connectivity index (χ1) is 17.9. The van der Waals surface area contributed by atoms with Crippen LogP contribution in [-0.2, 0) is 6.42 Å². The molecule has 1 atom stereocenters. The molecule has 0 aliphatic carbocycles. The Kier molecular flexibility index (Phi) is 7.03. The molecule has 0 saturated heterocycles. The van der Waals surface area contributed by atoms with E-state index in [1.807, 2.05) is 30.3 Å². The molecule has 5 rings (SSSR count). The van der Waals surface area contributed by atoms with E-state index >= 15 is 0 Å². The predicted molar refractivity (Wildman–Crippen MR) is 143 cm³/mol. The zero-order valence-electron chi connectivity index (χ0n) is 20.6. The van der Waals surface area contributed by atoms with Crippen LogP contribution in [0.4, 0.5) is 0 Å². The van der Waals surface area contributed by atoms with Gasteiger partial charge in [0.1, 0.15) is 5.82 Å². The summed E-state index contributed by atoms with van der Waals surface area (Å²) in [5.74, 6) is 0.342. The van der Waals surface area contributed by atoms with Crippen molar-refractivity contribution in [3.8, 4) is 5.69 Å². The van der Waals surface area contributed by atoms with Gasteiger partial charge >= 0.3 is 0 Å². The fourth-order valence-corrected chi connectivity index (χ4v) is 4.55. The average molecular weight is 515 g/mol. The summed E-state index contributed by atoms with van der Waals surface area (Å²) in [6.07, 6.45) is 2.14. The van der Waals surface area contributed by atoms with E-state index in [9.17, 15) is 4.79 Å². The van der Waals surface area contributed by atoms with E-state index in [1.54, 1.807) is 29.1 Å². The standard InChI is InChI=1S/C28H27ClN6O2/c1-17-12-25-26(13-18(17)2)32-27(31-25)23(19-6-4-3-5-7-19)15-30-28(37)22-9-8-21(14-24(22)29)35-16-20(10-11-36)33-34-35/h3-9,12-14,16,23,36H,10-11,15H2,1-2H3,(H,30,37)(H,31,32). The molecular weight excluding hydrogens is 488 g/mol. The van der Waals surface area contributed by atoms with Crippen molar-refractivity contribution in [1.29, 1.82) is 0 Å². The Morgan fingerprint density at radius 2 is 1.89 bits per heavy atom. The maximum Gasteiger partial charge on any atom is 0.252 e. The second-order valence-corrected chi connectivity index (χ2v) is 9.45. The molecular formula is C28H27ClN6O2. The van der Waals surface area contributed by atoms with Crippen molar-refractivity contribution in [2.45, 2.75) is 26.2 Å². The van der Waals surface area contributed by atoms with Gasteiger partial charge in [0.25, 0.3) is 5.91 Å². The topological polar surface area (TPSA) is 109 Å². The minimum Gasteiger partial charge on any atom is -0.396 e. The van der Waals surface area contributed by atoms with Crippen molar-refractivity contribution in [1.82, 2.24) is 30.3 Å². The summed E-state index contributed by atoms with van der Waals surface area (Å²) in [7, 11) is 0. The second-order valence-electron chi connectivity index (χ2n) is 9.04. The largest absolute Gasteiger partial charge is 0.396 e. The van der Waals surface area contributed by atoms with E-state index in [2.05, 4.69) is 46.6 Å². The van der Waals surface area contributed by atoms with Gasteiger partial charge in [0.05, 0.1) is 45.1 Å². The Bertz CT molecular complexity index is 1520. The molecule has 0 spiro atoms. The van der Waals surface area contributed by atoms with Crippen LogP contribution in [0.3, 0.4) is 0 Å².